The number of carbonyl (C=O) groups excluding carboxylic acids is 4. The topological polar surface area (TPSA) is 188 Å². The molecule has 1 amide bonds. The van der Waals surface area contributed by atoms with E-state index in [9.17, 15) is 39.6 Å². The number of carbonyl (C=O) groups is 4. The fourth-order valence-electron chi connectivity index (χ4n) is 5.88. The number of aliphatic hydroxyl groups is 3. The van der Waals surface area contributed by atoms with Crippen LogP contribution in [0.4, 0.5) is 0 Å². The van der Waals surface area contributed by atoms with Gasteiger partial charge in [0.05, 0.1) is 18.7 Å². The van der Waals surface area contributed by atoms with Crippen molar-refractivity contribution >= 4 is 29.2 Å². The molecule has 0 aromatic heterocycles. The lowest BCUT2D eigenvalue weighted by molar-refractivity contribution is -0.153. The summed E-state index contributed by atoms with van der Waals surface area (Å²) in [6.45, 7) is 0. The van der Waals surface area contributed by atoms with Crippen molar-refractivity contribution in [2.45, 2.75) is 37.3 Å². The molecule has 0 heterocycles. The number of hydrogen-bond donors (Lipinski definition) is 5. The first-order valence-electron chi connectivity index (χ1n) is 11.4. The number of Topliss-reactive ketones (excluding diaryl/α,β-unsaturated/α-hetero) is 2. The van der Waals surface area contributed by atoms with E-state index < -0.39 is 64.0 Å². The Bertz CT molecular complexity index is 1260. The van der Waals surface area contributed by atoms with Gasteiger partial charge in [0.2, 0.25) is 5.78 Å². The molecule has 4 atom stereocenters. The molecule has 6 N–H and O–H groups in total. The zero-order chi connectivity index (χ0) is 26.7. The first-order valence-corrected chi connectivity index (χ1v) is 11.4. The molecule has 11 nitrogen and oxygen atoms in total. The van der Waals surface area contributed by atoms with Gasteiger partial charge >= 0.3 is 5.97 Å². The number of aryl methyl sites for hydroxylation is 1. The molecule has 0 aliphatic heterocycles. The summed E-state index contributed by atoms with van der Waals surface area (Å²) in [7, 11) is 4.34. The quantitative estimate of drug-likeness (QED) is 0.273. The second kappa shape index (κ2) is 8.75. The molecule has 0 spiro atoms. The van der Waals surface area contributed by atoms with Gasteiger partial charge in [-0.15, -0.1) is 0 Å². The number of likely N-dealkylation sites (N-methyl/N-ethyl adjacent to an activating group) is 1. The summed E-state index contributed by atoms with van der Waals surface area (Å²) >= 11 is 0. The number of aliphatic hydroxyl groups excluding tert-OH is 2. The summed E-state index contributed by atoms with van der Waals surface area (Å²) in [6, 6.07) is 1.80. The lowest BCUT2D eigenvalue weighted by Gasteiger charge is -2.50. The molecule has 11 heteroatoms. The molecule has 192 valence electrons. The molecule has 3 aliphatic rings. The Morgan fingerprint density at radius 3 is 2.44 bits per heavy atom. The number of phenols is 1. The van der Waals surface area contributed by atoms with E-state index in [2.05, 4.69) is 0 Å². The Labute approximate surface area is 206 Å². The second-order valence-corrected chi connectivity index (χ2v) is 9.64. The van der Waals surface area contributed by atoms with Crippen molar-refractivity contribution in [2.75, 3.05) is 21.2 Å². The minimum Gasteiger partial charge on any atom is -0.508 e. The Kier molecular flexibility index (Phi) is 6.17. The molecule has 0 bridgehead atoms. The predicted octanol–water partition coefficient (Wildman–Crippen LogP) is 0.0696. The highest BCUT2D eigenvalue weighted by Crippen LogP contribution is 2.52. The van der Waals surface area contributed by atoms with E-state index in [4.69, 9.17) is 10.5 Å². The van der Waals surface area contributed by atoms with Crippen LogP contribution in [-0.2, 0) is 36.8 Å². The number of esters is 1. The normalized spacial score (nSPS) is 27.5. The van der Waals surface area contributed by atoms with Crippen molar-refractivity contribution in [3.63, 3.8) is 0 Å². The van der Waals surface area contributed by atoms with Gasteiger partial charge in [-0.25, -0.2) is 0 Å². The summed E-state index contributed by atoms with van der Waals surface area (Å²) in [5.74, 6) is -7.42. The number of methoxy groups -OCH3 is 1. The van der Waals surface area contributed by atoms with E-state index in [0.717, 1.165) is 0 Å². The van der Waals surface area contributed by atoms with Crippen molar-refractivity contribution < 1.29 is 44.3 Å². The molecule has 4 rings (SSSR count). The number of nitrogens with zero attached hydrogens (tertiary/aromatic N) is 1. The largest absolute Gasteiger partial charge is 0.508 e. The van der Waals surface area contributed by atoms with Crippen molar-refractivity contribution in [3.8, 4) is 5.75 Å². The Morgan fingerprint density at radius 2 is 1.86 bits per heavy atom. The van der Waals surface area contributed by atoms with Gasteiger partial charge in [0.25, 0.3) is 5.91 Å². The van der Waals surface area contributed by atoms with E-state index in [1.165, 1.54) is 32.2 Å². The number of ketones is 2. The highest BCUT2D eigenvalue weighted by Gasteiger charge is 2.64. The number of phenolic OH excluding ortho intramolecular Hbond substituents is 1. The van der Waals surface area contributed by atoms with Gasteiger partial charge in [0.1, 0.15) is 22.8 Å². The van der Waals surface area contributed by atoms with Gasteiger partial charge in [-0.3, -0.25) is 24.1 Å². The lowest BCUT2D eigenvalue weighted by atomic mass is 9.57. The molecule has 0 radical (unpaired) electrons. The van der Waals surface area contributed by atoms with Crippen LogP contribution >= 0.6 is 0 Å². The molecule has 4 unspecified atom stereocenters. The fraction of sp³-hybridized carbons (Fsp3) is 0.440. The third-order valence-corrected chi connectivity index (χ3v) is 7.53. The molecule has 1 saturated carbocycles. The van der Waals surface area contributed by atoms with E-state index in [-0.39, 0.29) is 42.6 Å². The van der Waals surface area contributed by atoms with Gasteiger partial charge in [-0.2, -0.15) is 0 Å². The Hall–Kier alpha value is -3.70. The van der Waals surface area contributed by atoms with E-state index in [1.54, 1.807) is 6.07 Å². The zero-order valence-corrected chi connectivity index (χ0v) is 20.1. The standard InChI is InChI=1S/C25H28N2O9/c1-27(2)19-13-9-11-8-12-10(5-7-15(29)36-3)4-6-14(28)17(12)20(30)16(11)22(32)25(13,35)23(33)18(21(19)31)24(26)34/h4,6,11,13,19,28,30,33,35H,5,7-9H2,1-3H3,(H2,26,34). The lowest BCUT2D eigenvalue weighted by Crippen LogP contribution is -2.65. The fourth-order valence-corrected chi connectivity index (χ4v) is 5.88. The van der Waals surface area contributed by atoms with Crippen LogP contribution < -0.4 is 5.73 Å². The van der Waals surface area contributed by atoms with Crippen molar-refractivity contribution in [3.05, 3.63) is 45.7 Å². The third-order valence-electron chi connectivity index (χ3n) is 7.53. The molecule has 3 aliphatic carbocycles. The smallest absolute Gasteiger partial charge is 0.305 e. The number of primary amides is 1. The van der Waals surface area contributed by atoms with Crippen molar-refractivity contribution in [1.82, 2.24) is 4.90 Å². The number of fused-ring (bicyclic) bond motifs is 3. The summed E-state index contributed by atoms with van der Waals surface area (Å²) in [5, 5.41) is 44.1. The molecule has 0 saturated heterocycles. The maximum atomic E-state index is 13.8. The number of aromatic hydroxyl groups is 1. The van der Waals surface area contributed by atoms with Crippen LogP contribution in [0.2, 0.25) is 0 Å². The van der Waals surface area contributed by atoms with Crippen LogP contribution in [0.15, 0.2) is 29.0 Å². The maximum Gasteiger partial charge on any atom is 0.305 e. The molecule has 1 aromatic carbocycles. The minimum absolute atomic E-state index is 0.00212. The number of hydrogen-bond acceptors (Lipinski definition) is 10. The van der Waals surface area contributed by atoms with Crippen LogP contribution in [0.25, 0.3) is 5.76 Å². The average Bonchev–Trinajstić information content (AvgIpc) is 2.80. The molecule has 1 aromatic rings. The summed E-state index contributed by atoms with van der Waals surface area (Å²) in [4.78, 5) is 52.0. The van der Waals surface area contributed by atoms with Gasteiger partial charge in [0.15, 0.2) is 11.4 Å². The minimum atomic E-state index is -2.68. The van der Waals surface area contributed by atoms with E-state index in [1.807, 2.05) is 0 Å². The van der Waals surface area contributed by atoms with Crippen LogP contribution in [0, 0.1) is 11.8 Å². The number of nitrogens with two attached hydrogens (primary N) is 1. The average molecular weight is 501 g/mol. The van der Waals surface area contributed by atoms with Crippen LogP contribution in [0.1, 0.15) is 29.5 Å². The first kappa shape index (κ1) is 25.4. The highest BCUT2D eigenvalue weighted by atomic mass is 16.5. The maximum absolute atomic E-state index is 13.8. The number of rotatable bonds is 5. The second-order valence-electron chi connectivity index (χ2n) is 9.64. The highest BCUT2D eigenvalue weighted by molar-refractivity contribution is 6.24. The SMILES string of the molecule is COC(=O)CCc1ccc(O)c2c1CC1CC3C(N(C)C)C(=O)C(C(N)=O)=C(O)C3(O)C(=O)C1=C2O. The third kappa shape index (κ3) is 3.49. The first-order chi connectivity index (χ1) is 16.9. The number of benzene rings is 1. The van der Waals surface area contributed by atoms with Crippen molar-refractivity contribution in [1.29, 1.82) is 0 Å². The summed E-state index contributed by atoms with van der Waals surface area (Å²) in [6.07, 6.45) is 0.482. The molecular formula is C25H28N2O9. The van der Waals surface area contributed by atoms with Gasteiger partial charge in [-0.1, -0.05) is 6.07 Å². The number of ether oxygens (including phenoxy) is 1. The van der Waals surface area contributed by atoms with Gasteiger partial charge in [-0.05, 0) is 56.5 Å². The molecule has 1 fully saturated rings. The van der Waals surface area contributed by atoms with Crippen LogP contribution in [0.3, 0.4) is 0 Å². The number of amides is 1. The monoisotopic (exact) mass is 500 g/mol. The summed E-state index contributed by atoms with van der Waals surface area (Å²) < 4.78 is 4.69. The Morgan fingerprint density at radius 1 is 1.19 bits per heavy atom. The van der Waals surface area contributed by atoms with Gasteiger partial charge in [0, 0.05) is 17.9 Å². The van der Waals surface area contributed by atoms with Crippen molar-refractivity contribution in [2.24, 2.45) is 17.6 Å². The van der Waals surface area contributed by atoms with Gasteiger partial charge < -0.3 is 30.9 Å². The zero-order valence-electron chi connectivity index (χ0n) is 20.1. The predicted molar refractivity (Wildman–Crippen MR) is 125 cm³/mol. The van der Waals surface area contributed by atoms with E-state index in [0.29, 0.717) is 11.1 Å². The summed E-state index contributed by atoms with van der Waals surface area (Å²) in [5.41, 5.74) is 2.74. The molecule has 36 heavy (non-hydrogen) atoms. The van der Waals surface area contributed by atoms with Crippen LogP contribution in [0.5, 0.6) is 5.75 Å². The van der Waals surface area contributed by atoms with E-state index >= 15 is 0 Å². The molecular weight excluding hydrogens is 472 g/mol. The van der Waals surface area contributed by atoms with Crippen LogP contribution in [-0.4, -0.2) is 81.6 Å². The Balaban J connectivity index is 1.90.